The fourth-order valence-corrected chi connectivity index (χ4v) is 3.59. The van der Waals surface area contributed by atoms with Gasteiger partial charge in [0, 0.05) is 19.1 Å². The van der Waals surface area contributed by atoms with Gasteiger partial charge in [-0.2, -0.15) is 8.78 Å². The summed E-state index contributed by atoms with van der Waals surface area (Å²) in [7, 11) is 0. The summed E-state index contributed by atoms with van der Waals surface area (Å²) in [4.78, 5) is 16.3. The third kappa shape index (κ3) is 2.60. The third-order valence-corrected chi connectivity index (χ3v) is 4.59. The largest absolute Gasteiger partial charge is 0.345 e. The van der Waals surface area contributed by atoms with E-state index in [0.29, 0.717) is 19.1 Å². The molecule has 3 rings (SSSR count). The second-order valence-corrected chi connectivity index (χ2v) is 5.74. The first kappa shape index (κ1) is 13.2. The maximum Gasteiger partial charge on any atom is 0.345 e. The number of alkyl halides is 2. The van der Waals surface area contributed by atoms with E-state index in [1.807, 2.05) is 0 Å². The van der Waals surface area contributed by atoms with Gasteiger partial charge >= 0.3 is 6.61 Å². The van der Waals surface area contributed by atoms with Gasteiger partial charge in [-0.05, 0) is 32.2 Å². The molecule has 1 amide bonds. The van der Waals surface area contributed by atoms with Crippen molar-refractivity contribution in [1.82, 2.24) is 9.80 Å². The molecule has 0 aliphatic carbocycles. The Morgan fingerprint density at radius 3 is 2.68 bits per heavy atom. The van der Waals surface area contributed by atoms with Crippen molar-refractivity contribution in [3.63, 3.8) is 0 Å². The van der Waals surface area contributed by atoms with Gasteiger partial charge < -0.3 is 9.64 Å². The maximum absolute atomic E-state index is 12.4. The molecule has 0 aromatic rings. The molecular formula is C13H20F2N2O2. The molecule has 0 aromatic carbocycles. The smallest absolute Gasteiger partial charge is 0.336 e. The van der Waals surface area contributed by atoms with Crippen molar-refractivity contribution in [3.8, 4) is 0 Å². The first-order valence-corrected chi connectivity index (χ1v) is 7.13. The number of piperidine rings is 1. The van der Waals surface area contributed by atoms with Crippen LogP contribution in [0.15, 0.2) is 0 Å². The van der Waals surface area contributed by atoms with Crippen LogP contribution in [0.4, 0.5) is 8.78 Å². The minimum atomic E-state index is -2.74. The second kappa shape index (κ2) is 5.32. The van der Waals surface area contributed by atoms with Gasteiger partial charge in [0.1, 0.15) is 0 Å². The van der Waals surface area contributed by atoms with Crippen LogP contribution in [0.1, 0.15) is 32.1 Å². The van der Waals surface area contributed by atoms with Crippen molar-refractivity contribution < 1.29 is 18.3 Å². The van der Waals surface area contributed by atoms with Crippen LogP contribution in [0.2, 0.25) is 0 Å². The van der Waals surface area contributed by atoms with E-state index in [-0.39, 0.29) is 11.9 Å². The summed E-state index contributed by atoms with van der Waals surface area (Å²) >= 11 is 0. The molecule has 0 N–H and O–H groups in total. The number of hydrogen-bond donors (Lipinski definition) is 0. The van der Waals surface area contributed by atoms with E-state index in [1.165, 1.54) is 12.8 Å². The summed E-state index contributed by atoms with van der Waals surface area (Å²) in [6.07, 6.45) is 5.15. The maximum atomic E-state index is 12.4. The normalized spacial score (nSPS) is 32.5. The number of amides is 1. The van der Waals surface area contributed by atoms with E-state index in [0.717, 1.165) is 25.8 Å². The van der Waals surface area contributed by atoms with Gasteiger partial charge in [-0.15, -0.1) is 0 Å². The van der Waals surface area contributed by atoms with E-state index >= 15 is 0 Å². The molecule has 19 heavy (non-hydrogen) atoms. The van der Waals surface area contributed by atoms with Crippen molar-refractivity contribution in [2.24, 2.45) is 0 Å². The SMILES string of the molecule is O=C(C1CCC2CCCCN21)N1CC(OC(F)F)C1. The third-order valence-electron chi connectivity index (χ3n) is 4.59. The Kier molecular flexibility index (Phi) is 3.71. The highest BCUT2D eigenvalue weighted by molar-refractivity contribution is 5.83. The molecular weight excluding hydrogens is 254 g/mol. The van der Waals surface area contributed by atoms with Crippen molar-refractivity contribution in [2.45, 2.75) is 56.9 Å². The minimum absolute atomic E-state index is 0.0159. The number of hydrogen-bond acceptors (Lipinski definition) is 3. The monoisotopic (exact) mass is 274 g/mol. The van der Waals surface area contributed by atoms with Gasteiger partial charge in [-0.3, -0.25) is 9.69 Å². The molecule has 3 heterocycles. The lowest BCUT2D eigenvalue weighted by Gasteiger charge is -2.42. The molecule has 6 heteroatoms. The van der Waals surface area contributed by atoms with Crippen LogP contribution < -0.4 is 0 Å². The van der Waals surface area contributed by atoms with Gasteiger partial charge in [0.25, 0.3) is 0 Å². The molecule has 2 atom stereocenters. The first-order chi connectivity index (χ1) is 9.15. The zero-order valence-electron chi connectivity index (χ0n) is 10.9. The highest BCUT2D eigenvalue weighted by Gasteiger charge is 2.43. The molecule has 0 spiro atoms. The molecule has 3 saturated heterocycles. The van der Waals surface area contributed by atoms with Gasteiger partial charge in [-0.1, -0.05) is 6.42 Å². The Balaban J connectivity index is 1.51. The zero-order chi connectivity index (χ0) is 13.4. The molecule has 0 saturated carbocycles. The zero-order valence-corrected chi connectivity index (χ0v) is 10.9. The molecule has 0 bridgehead atoms. The van der Waals surface area contributed by atoms with E-state index in [1.54, 1.807) is 4.90 Å². The van der Waals surface area contributed by atoms with Gasteiger partial charge in [0.05, 0.1) is 12.1 Å². The molecule has 3 aliphatic rings. The number of carbonyl (C=O) groups excluding carboxylic acids is 1. The van der Waals surface area contributed by atoms with Crippen LogP contribution >= 0.6 is 0 Å². The highest BCUT2D eigenvalue weighted by Crippen LogP contribution is 2.33. The van der Waals surface area contributed by atoms with Gasteiger partial charge in [-0.25, -0.2) is 0 Å². The fourth-order valence-electron chi connectivity index (χ4n) is 3.59. The summed E-state index contributed by atoms with van der Waals surface area (Å²) in [5.74, 6) is 0.110. The summed E-state index contributed by atoms with van der Waals surface area (Å²) < 4.78 is 28.4. The lowest BCUT2D eigenvalue weighted by molar-refractivity contribution is -0.200. The fraction of sp³-hybridized carbons (Fsp3) is 0.923. The Labute approximate surface area is 111 Å². The lowest BCUT2D eigenvalue weighted by Crippen LogP contribution is -2.60. The second-order valence-electron chi connectivity index (χ2n) is 5.74. The quantitative estimate of drug-likeness (QED) is 0.781. The number of likely N-dealkylation sites (tertiary alicyclic amines) is 1. The van der Waals surface area contributed by atoms with Crippen LogP contribution in [-0.4, -0.2) is 60.1 Å². The highest BCUT2D eigenvalue weighted by atomic mass is 19.3. The molecule has 2 unspecified atom stereocenters. The number of nitrogens with zero attached hydrogens (tertiary/aromatic N) is 2. The van der Waals surface area contributed by atoms with E-state index < -0.39 is 12.7 Å². The number of carbonyl (C=O) groups is 1. The summed E-state index contributed by atoms with van der Waals surface area (Å²) in [6, 6.07) is 0.551. The standard InChI is InChI=1S/C13H20F2N2O2/c14-13(15)19-10-7-16(8-10)12(18)11-5-4-9-3-1-2-6-17(9)11/h9-11,13H,1-8H2. The summed E-state index contributed by atoms with van der Waals surface area (Å²) in [5, 5.41) is 0. The number of ether oxygens (including phenoxy) is 1. The van der Waals surface area contributed by atoms with Gasteiger partial charge in [0.15, 0.2) is 0 Å². The van der Waals surface area contributed by atoms with Crippen LogP contribution in [-0.2, 0) is 9.53 Å². The topological polar surface area (TPSA) is 32.8 Å². The average molecular weight is 274 g/mol. The summed E-state index contributed by atoms with van der Waals surface area (Å²) in [6.45, 7) is -1.09. The van der Waals surface area contributed by atoms with Gasteiger partial charge in [0.2, 0.25) is 5.91 Å². The van der Waals surface area contributed by atoms with Crippen LogP contribution in [0.5, 0.6) is 0 Å². The molecule has 4 nitrogen and oxygen atoms in total. The number of fused-ring (bicyclic) bond motifs is 1. The predicted molar refractivity (Wildman–Crippen MR) is 64.8 cm³/mol. The Bertz CT molecular complexity index is 348. The summed E-state index contributed by atoms with van der Waals surface area (Å²) in [5.41, 5.74) is 0. The van der Waals surface area contributed by atoms with Crippen LogP contribution in [0.25, 0.3) is 0 Å². The Hall–Kier alpha value is -0.750. The lowest BCUT2D eigenvalue weighted by atomic mass is 10.0. The number of rotatable bonds is 3. The Morgan fingerprint density at radius 2 is 1.95 bits per heavy atom. The van der Waals surface area contributed by atoms with E-state index in [4.69, 9.17) is 0 Å². The number of halogens is 2. The predicted octanol–water partition coefficient (Wildman–Crippen LogP) is 1.45. The van der Waals surface area contributed by atoms with Crippen LogP contribution in [0, 0.1) is 0 Å². The van der Waals surface area contributed by atoms with Crippen molar-refractivity contribution in [1.29, 1.82) is 0 Å². The average Bonchev–Trinajstić information content (AvgIpc) is 2.76. The molecule has 3 aliphatic heterocycles. The van der Waals surface area contributed by atoms with E-state index in [9.17, 15) is 13.6 Å². The first-order valence-electron chi connectivity index (χ1n) is 7.13. The van der Waals surface area contributed by atoms with Crippen LogP contribution in [0.3, 0.4) is 0 Å². The molecule has 0 aromatic heterocycles. The van der Waals surface area contributed by atoms with Crippen molar-refractivity contribution >= 4 is 5.91 Å². The van der Waals surface area contributed by atoms with Crippen molar-refractivity contribution in [3.05, 3.63) is 0 Å². The minimum Gasteiger partial charge on any atom is -0.336 e. The molecule has 0 radical (unpaired) electrons. The molecule has 108 valence electrons. The Morgan fingerprint density at radius 1 is 1.16 bits per heavy atom. The van der Waals surface area contributed by atoms with E-state index in [2.05, 4.69) is 9.64 Å². The van der Waals surface area contributed by atoms with Crippen molar-refractivity contribution in [2.75, 3.05) is 19.6 Å². The molecule has 3 fully saturated rings.